The Morgan fingerprint density at radius 1 is 0.679 bits per heavy atom. The van der Waals surface area contributed by atoms with Crippen LogP contribution in [0.3, 0.4) is 0 Å². The second kappa shape index (κ2) is 7.24. The molecular weight excluding hydrogens is 344 g/mol. The van der Waals surface area contributed by atoms with Crippen molar-refractivity contribution in [2.75, 3.05) is 0 Å². The number of carbonyl (C=O) groups is 2. The zero-order valence-electron chi connectivity index (χ0n) is 15.9. The van der Waals surface area contributed by atoms with Crippen LogP contribution in [0.25, 0.3) is 11.1 Å². The van der Waals surface area contributed by atoms with Crippen molar-refractivity contribution in [1.29, 1.82) is 0 Å². The van der Waals surface area contributed by atoms with E-state index in [0.717, 1.165) is 27.8 Å². The number of benzene rings is 3. The fourth-order valence-corrected chi connectivity index (χ4v) is 3.42. The largest absolute Gasteiger partial charge is 0.286 e. The van der Waals surface area contributed by atoms with Gasteiger partial charge in [-0.3, -0.25) is 9.59 Å². The number of carbonyl (C=O) groups excluding carboxylic acids is 2. The Labute approximate surface area is 164 Å². The summed E-state index contributed by atoms with van der Waals surface area (Å²) in [6.07, 6.45) is 3.46. The molecule has 0 heterocycles. The van der Waals surface area contributed by atoms with Crippen LogP contribution in [-0.4, -0.2) is 11.6 Å². The molecule has 1 aliphatic rings. The molecule has 0 aromatic heterocycles. The monoisotopic (exact) mass is 364 g/mol. The van der Waals surface area contributed by atoms with Crippen LogP contribution < -0.4 is 0 Å². The Hall–Kier alpha value is -3.52. The third kappa shape index (κ3) is 3.37. The van der Waals surface area contributed by atoms with Crippen LogP contribution in [0.1, 0.15) is 38.2 Å². The summed E-state index contributed by atoms with van der Waals surface area (Å²) in [7, 11) is 0. The van der Waals surface area contributed by atoms with Gasteiger partial charge in [-0.15, -0.1) is 0 Å². The van der Waals surface area contributed by atoms with Crippen LogP contribution in [0.15, 0.2) is 84.9 Å². The number of ketones is 2. The van der Waals surface area contributed by atoms with Crippen molar-refractivity contribution in [2.24, 2.45) is 0 Å². The fraction of sp³-hybridized carbons (Fsp3) is 0.0769. The molecule has 1 aliphatic carbocycles. The van der Waals surface area contributed by atoms with Crippen molar-refractivity contribution in [3.8, 4) is 0 Å². The van der Waals surface area contributed by atoms with E-state index in [2.05, 4.69) is 62.4 Å². The van der Waals surface area contributed by atoms with Crippen molar-refractivity contribution in [3.05, 3.63) is 118 Å². The highest BCUT2D eigenvalue weighted by molar-refractivity contribution is 6.50. The molecule has 0 unspecified atom stereocenters. The van der Waals surface area contributed by atoms with Crippen LogP contribution in [0.2, 0.25) is 0 Å². The van der Waals surface area contributed by atoms with Gasteiger partial charge in [0, 0.05) is 5.56 Å². The Morgan fingerprint density at radius 3 is 1.71 bits per heavy atom. The number of rotatable bonds is 3. The van der Waals surface area contributed by atoms with Crippen LogP contribution in [-0.2, 0) is 4.79 Å². The molecule has 0 saturated carbocycles. The molecular formula is C26H20O2. The molecule has 3 aromatic rings. The summed E-state index contributed by atoms with van der Waals surface area (Å²) in [6.45, 7) is 4.12. The molecule has 136 valence electrons. The highest BCUT2D eigenvalue weighted by atomic mass is 16.2. The molecule has 2 heteroatoms. The van der Waals surface area contributed by atoms with Gasteiger partial charge < -0.3 is 0 Å². The third-order valence-corrected chi connectivity index (χ3v) is 5.02. The first-order chi connectivity index (χ1) is 13.5. The lowest BCUT2D eigenvalue weighted by Gasteiger charge is -2.16. The van der Waals surface area contributed by atoms with Gasteiger partial charge in [0.1, 0.15) is 0 Å². The lowest BCUT2D eigenvalue weighted by molar-refractivity contribution is -0.110. The van der Waals surface area contributed by atoms with E-state index >= 15 is 0 Å². The average Bonchev–Trinajstić information content (AvgIpc) is 2.71. The number of Topliss-reactive ketones (excluding diaryl/α,β-unsaturated/α-hetero) is 1. The summed E-state index contributed by atoms with van der Waals surface area (Å²) in [5, 5.41) is 0. The first-order valence-corrected chi connectivity index (χ1v) is 9.28. The van der Waals surface area contributed by atoms with Gasteiger partial charge in [-0.05, 0) is 53.8 Å². The number of allylic oxidation sites excluding steroid dienone is 3. The highest BCUT2D eigenvalue weighted by Crippen LogP contribution is 2.32. The summed E-state index contributed by atoms with van der Waals surface area (Å²) >= 11 is 0. The van der Waals surface area contributed by atoms with E-state index < -0.39 is 11.6 Å². The predicted molar refractivity (Wildman–Crippen MR) is 113 cm³/mol. The molecule has 0 bridgehead atoms. The molecule has 0 atom stereocenters. The molecule has 28 heavy (non-hydrogen) atoms. The van der Waals surface area contributed by atoms with Crippen molar-refractivity contribution in [1.82, 2.24) is 0 Å². The summed E-state index contributed by atoms with van der Waals surface area (Å²) in [5.41, 5.74) is 7.55. The zero-order valence-corrected chi connectivity index (χ0v) is 15.9. The van der Waals surface area contributed by atoms with Gasteiger partial charge in [0.05, 0.1) is 0 Å². The first-order valence-electron chi connectivity index (χ1n) is 9.28. The van der Waals surface area contributed by atoms with E-state index in [4.69, 9.17) is 0 Å². The van der Waals surface area contributed by atoms with E-state index in [-0.39, 0.29) is 0 Å². The fourth-order valence-electron chi connectivity index (χ4n) is 3.42. The molecule has 0 aliphatic heterocycles. The van der Waals surface area contributed by atoms with Gasteiger partial charge in [-0.25, -0.2) is 0 Å². The standard InChI is InChI=1S/C26H20O2/c1-17-7-11-19(12-8-17)24(20-13-9-18(2)10-14-20)15-21-16-25(27)26(28)23-6-4-3-5-22(21)23/h3-16H,1-2H3. The Balaban J connectivity index is 1.91. The molecule has 4 rings (SSSR count). The second-order valence-electron chi connectivity index (χ2n) is 7.13. The number of aryl methyl sites for hydroxylation is 2. The summed E-state index contributed by atoms with van der Waals surface area (Å²) < 4.78 is 0. The SMILES string of the molecule is Cc1ccc(C(=CC2=CC(=O)C(=O)c3ccccc32)c2ccc(C)cc2)cc1. The van der Waals surface area contributed by atoms with Crippen molar-refractivity contribution >= 4 is 22.7 Å². The minimum absolute atomic E-state index is 0.444. The van der Waals surface area contributed by atoms with Gasteiger partial charge in [-0.1, -0.05) is 83.9 Å². The molecule has 0 fully saturated rings. The van der Waals surface area contributed by atoms with Crippen LogP contribution in [0.4, 0.5) is 0 Å². The van der Waals surface area contributed by atoms with Crippen molar-refractivity contribution in [3.63, 3.8) is 0 Å². The van der Waals surface area contributed by atoms with Crippen LogP contribution in [0, 0.1) is 13.8 Å². The summed E-state index contributed by atoms with van der Waals surface area (Å²) in [6, 6.07) is 23.9. The maximum absolute atomic E-state index is 12.3. The Bertz CT molecular complexity index is 1080. The van der Waals surface area contributed by atoms with Gasteiger partial charge in [-0.2, -0.15) is 0 Å². The number of hydrogen-bond acceptors (Lipinski definition) is 2. The molecule has 0 saturated heterocycles. The number of hydrogen-bond donors (Lipinski definition) is 0. The molecule has 0 amide bonds. The topological polar surface area (TPSA) is 34.1 Å². The van der Waals surface area contributed by atoms with Crippen molar-refractivity contribution in [2.45, 2.75) is 13.8 Å². The zero-order chi connectivity index (χ0) is 19.7. The Kier molecular flexibility index (Phi) is 4.62. The Morgan fingerprint density at radius 2 is 1.18 bits per heavy atom. The minimum Gasteiger partial charge on any atom is -0.286 e. The third-order valence-electron chi connectivity index (χ3n) is 5.02. The highest BCUT2D eigenvalue weighted by Gasteiger charge is 2.24. The normalized spacial score (nSPS) is 13.0. The van der Waals surface area contributed by atoms with Gasteiger partial charge in [0.15, 0.2) is 0 Å². The molecule has 2 nitrogen and oxygen atoms in total. The average molecular weight is 364 g/mol. The minimum atomic E-state index is -0.475. The van der Waals surface area contributed by atoms with Crippen molar-refractivity contribution < 1.29 is 9.59 Å². The predicted octanol–water partition coefficient (Wildman–Crippen LogP) is 5.58. The van der Waals surface area contributed by atoms with E-state index in [1.54, 1.807) is 12.1 Å². The number of fused-ring (bicyclic) bond motifs is 1. The smallest absolute Gasteiger partial charge is 0.233 e. The van der Waals surface area contributed by atoms with Crippen LogP contribution in [0.5, 0.6) is 0 Å². The van der Waals surface area contributed by atoms with Gasteiger partial charge in [0.2, 0.25) is 11.6 Å². The molecule has 0 N–H and O–H groups in total. The lowest BCUT2D eigenvalue weighted by atomic mass is 9.86. The van der Waals surface area contributed by atoms with E-state index in [9.17, 15) is 9.59 Å². The maximum atomic E-state index is 12.3. The molecule has 0 spiro atoms. The van der Waals surface area contributed by atoms with Gasteiger partial charge >= 0.3 is 0 Å². The molecule has 0 radical (unpaired) electrons. The van der Waals surface area contributed by atoms with E-state index in [1.807, 2.05) is 18.2 Å². The lowest BCUT2D eigenvalue weighted by Crippen LogP contribution is -2.18. The molecule has 3 aromatic carbocycles. The first kappa shape index (κ1) is 17.9. The second-order valence-corrected chi connectivity index (χ2v) is 7.13. The van der Waals surface area contributed by atoms with E-state index in [1.165, 1.54) is 17.2 Å². The summed E-state index contributed by atoms with van der Waals surface area (Å²) in [5.74, 6) is -0.919. The van der Waals surface area contributed by atoms with Gasteiger partial charge in [0.25, 0.3) is 0 Å². The summed E-state index contributed by atoms with van der Waals surface area (Å²) in [4.78, 5) is 24.5. The quantitative estimate of drug-likeness (QED) is 0.568. The van der Waals surface area contributed by atoms with E-state index in [0.29, 0.717) is 5.56 Å². The van der Waals surface area contributed by atoms with Crippen LogP contribution >= 0.6 is 0 Å². The maximum Gasteiger partial charge on any atom is 0.233 e.